The molecule has 0 radical (unpaired) electrons. The Labute approximate surface area is 387 Å². The van der Waals surface area contributed by atoms with Crippen molar-refractivity contribution in [2.75, 3.05) is 13.2 Å². The Balaban J connectivity index is 4.23. The third-order valence-electron chi connectivity index (χ3n) is 13.2. The predicted octanol–water partition coefficient (Wildman–Crippen LogP) is 18.2. The molecule has 0 rings (SSSR count). The molecule has 0 saturated heterocycles. The summed E-state index contributed by atoms with van der Waals surface area (Å²) < 4.78 is 16.8. The first-order valence-electron chi connectivity index (χ1n) is 27.9. The van der Waals surface area contributed by atoms with Gasteiger partial charge < -0.3 is 14.2 Å². The molecular weight excluding hydrogens is 769 g/mol. The van der Waals surface area contributed by atoms with E-state index in [-0.39, 0.29) is 31.1 Å². The molecule has 0 bridgehead atoms. The minimum absolute atomic E-state index is 0.0634. The molecule has 368 valence electrons. The number of hydrogen-bond acceptors (Lipinski definition) is 6. The first kappa shape index (κ1) is 60.4. The van der Waals surface area contributed by atoms with Gasteiger partial charge >= 0.3 is 17.9 Å². The van der Waals surface area contributed by atoms with Crippen molar-refractivity contribution in [1.82, 2.24) is 0 Å². The smallest absolute Gasteiger partial charge is 0.306 e. The Morgan fingerprint density at radius 2 is 0.565 bits per heavy atom. The summed E-state index contributed by atoms with van der Waals surface area (Å²) in [7, 11) is 0. The number of hydrogen-bond donors (Lipinski definition) is 0. The minimum atomic E-state index is -0.762. The Morgan fingerprint density at radius 1 is 0.323 bits per heavy atom. The van der Waals surface area contributed by atoms with Gasteiger partial charge in [-0.3, -0.25) is 14.4 Å². The minimum Gasteiger partial charge on any atom is -0.462 e. The maximum atomic E-state index is 12.8. The van der Waals surface area contributed by atoms with E-state index in [0.29, 0.717) is 19.3 Å². The molecule has 0 heterocycles. The van der Waals surface area contributed by atoms with Gasteiger partial charge in [0.15, 0.2) is 6.10 Å². The molecule has 0 spiro atoms. The van der Waals surface area contributed by atoms with Crippen molar-refractivity contribution < 1.29 is 28.6 Å². The van der Waals surface area contributed by atoms with Crippen molar-refractivity contribution in [3.8, 4) is 0 Å². The second-order valence-electron chi connectivity index (χ2n) is 19.5. The van der Waals surface area contributed by atoms with Crippen molar-refractivity contribution in [2.45, 2.75) is 323 Å². The molecule has 62 heavy (non-hydrogen) atoms. The van der Waals surface area contributed by atoms with Gasteiger partial charge in [0, 0.05) is 19.3 Å². The summed E-state index contributed by atoms with van der Waals surface area (Å²) in [6, 6.07) is 0. The lowest BCUT2D eigenvalue weighted by molar-refractivity contribution is -0.167. The molecule has 6 nitrogen and oxygen atoms in total. The van der Waals surface area contributed by atoms with E-state index in [4.69, 9.17) is 14.2 Å². The largest absolute Gasteiger partial charge is 0.462 e. The lowest BCUT2D eigenvalue weighted by Gasteiger charge is -2.18. The Bertz CT molecular complexity index is 935. The van der Waals surface area contributed by atoms with Gasteiger partial charge in [0.1, 0.15) is 13.2 Å². The Hall–Kier alpha value is -1.59. The summed E-state index contributed by atoms with van der Waals surface area (Å²) in [5.41, 5.74) is 0. The number of esters is 3. The fraction of sp³-hybridized carbons (Fsp3) is 0.946. The summed E-state index contributed by atoms with van der Waals surface area (Å²) in [5.74, 6) is -0.0333. The van der Waals surface area contributed by atoms with Crippen LogP contribution in [0.2, 0.25) is 0 Å². The first-order chi connectivity index (χ1) is 30.4. The Morgan fingerprint density at radius 3 is 0.839 bits per heavy atom. The van der Waals surface area contributed by atoms with Crippen LogP contribution >= 0.6 is 0 Å². The van der Waals surface area contributed by atoms with Gasteiger partial charge in [-0.2, -0.15) is 0 Å². The standard InChI is InChI=1S/C56H108O6/c1-5-8-10-12-14-16-18-20-22-24-25-27-29-31-33-35-40-44-48-55(58)61-51-53(62-56(59)49-45-41-37-36-38-42-46-52(4)7-3)50-60-54(57)47-43-39-34-32-30-28-26-23-21-19-17-15-13-11-9-6-2/h52-53H,5-51H2,1-4H3/t52?,53-/m1/s1. The highest BCUT2D eigenvalue weighted by atomic mass is 16.6. The van der Waals surface area contributed by atoms with Crippen molar-refractivity contribution in [2.24, 2.45) is 5.92 Å². The highest BCUT2D eigenvalue weighted by Gasteiger charge is 2.19. The van der Waals surface area contributed by atoms with Crippen molar-refractivity contribution in [3.63, 3.8) is 0 Å². The molecule has 0 N–H and O–H groups in total. The molecule has 0 aliphatic heterocycles. The summed E-state index contributed by atoms with van der Waals surface area (Å²) >= 11 is 0. The summed E-state index contributed by atoms with van der Waals surface area (Å²) in [4.78, 5) is 38.0. The van der Waals surface area contributed by atoms with Crippen LogP contribution in [0.25, 0.3) is 0 Å². The zero-order valence-corrected chi connectivity index (χ0v) is 42.3. The maximum Gasteiger partial charge on any atom is 0.306 e. The summed E-state index contributed by atoms with van der Waals surface area (Å²) in [6.45, 7) is 9.02. The molecular formula is C56H108O6. The van der Waals surface area contributed by atoms with Crippen LogP contribution < -0.4 is 0 Å². The second kappa shape index (κ2) is 50.4. The SMILES string of the molecule is CCCCCCCCCCCCCCCCCCCCC(=O)OC[C@@H](COC(=O)CCCCCCCCCCCCCCCCCC)OC(=O)CCCCCCCCC(C)CC. The average Bonchev–Trinajstić information content (AvgIpc) is 3.27. The van der Waals surface area contributed by atoms with Gasteiger partial charge in [-0.15, -0.1) is 0 Å². The number of unbranched alkanes of at least 4 members (excludes halogenated alkanes) is 37. The molecule has 6 heteroatoms. The van der Waals surface area contributed by atoms with E-state index < -0.39 is 6.10 Å². The highest BCUT2D eigenvalue weighted by Crippen LogP contribution is 2.18. The number of ether oxygens (including phenoxy) is 3. The lowest BCUT2D eigenvalue weighted by Crippen LogP contribution is -2.30. The highest BCUT2D eigenvalue weighted by molar-refractivity contribution is 5.71. The van der Waals surface area contributed by atoms with Gasteiger partial charge in [0.25, 0.3) is 0 Å². The van der Waals surface area contributed by atoms with Gasteiger partial charge in [-0.05, 0) is 25.2 Å². The van der Waals surface area contributed by atoms with Crippen LogP contribution in [0, 0.1) is 5.92 Å². The molecule has 0 saturated carbocycles. The van der Waals surface area contributed by atoms with Gasteiger partial charge in [0.2, 0.25) is 0 Å². The van der Waals surface area contributed by atoms with Crippen LogP contribution in [0.3, 0.4) is 0 Å². The summed E-state index contributed by atoms with van der Waals surface area (Å²) in [5, 5.41) is 0. The van der Waals surface area contributed by atoms with Gasteiger partial charge in [0.05, 0.1) is 0 Å². The predicted molar refractivity (Wildman–Crippen MR) is 266 cm³/mol. The maximum absolute atomic E-state index is 12.8. The van der Waals surface area contributed by atoms with E-state index in [1.54, 1.807) is 0 Å². The van der Waals surface area contributed by atoms with Crippen LogP contribution in [-0.2, 0) is 28.6 Å². The third-order valence-corrected chi connectivity index (χ3v) is 13.2. The first-order valence-corrected chi connectivity index (χ1v) is 27.9. The zero-order chi connectivity index (χ0) is 45.2. The fourth-order valence-electron chi connectivity index (χ4n) is 8.54. The van der Waals surface area contributed by atoms with Crippen LogP contribution in [0.15, 0.2) is 0 Å². The van der Waals surface area contributed by atoms with E-state index in [1.807, 2.05) is 0 Å². The molecule has 1 unspecified atom stereocenters. The van der Waals surface area contributed by atoms with E-state index in [0.717, 1.165) is 63.7 Å². The van der Waals surface area contributed by atoms with E-state index in [2.05, 4.69) is 27.7 Å². The summed E-state index contributed by atoms with van der Waals surface area (Å²) in [6.07, 6.45) is 53.8. The molecule has 2 atom stereocenters. The van der Waals surface area contributed by atoms with Crippen LogP contribution in [-0.4, -0.2) is 37.2 Å². The fourth-order valence-corrected chi connectivity index (χ4v) is 8.54. The number of carbonyl (C=O) groups is 3. The van der Waals surface area contributed by atoms with Gasteiger partial charge in [-0.1, -0.05) is 278 Å². The van der Waals surface area contributed by atoms with E-state index in [1.165, 1.54) is 212 Å². The van der Waals surface area contributed by atoms with Crippen molar-refractivity contribution in [3.05, 3.63) is 0 Å². The molecule has 0 aliphatic rings. The van der Waals surface area contributed by atoms with Crippen LogP contribution in [0.5, 0.6) is 0 Å². The molecule has 0 fully saturated rings. The van der Waals surface area contributed by atoms with Crippen LogP contribution in [0.4, 0.5) is 0 Å². The average molecular weight is 877 g/mol. The number of rotatable bonds is 51. The monoisotopic (exact) mass is 877 g/mol. The molecule has 0 aliphatic carbocycles. The van der Waals surface area contributed by atoms with Crippen molar-refractivity contribution in [1.29, 1.82) is 0 Å². The molecule has 0 aromatic heterocycles. The van der Waals surface area contributed by atoms with E-state index >= 15 is 0 Å². The molecule has 0 amide bonds. The number of carbonyl (C=O) groups excluding carboxylic acids is 3. The quantitative estimate of drug-likeness (QED) is 0.0344. The normalized spacial score (nSPS) is 12.4. The molecule has 0 aromatic rings. The lowest BCUT2D eigenvalue weighted by atomic mass is 10.00. The topological polar surface area (TPSA) is 78.9 Å². The molecule has 0 aromatic carbocycles. The van der Waals surface area contributed by atoms with Crippen LogP contribution in [0.1, 0.15) is 317 Å². The second-order valence-corrected chi connectivity index (χ2v) is 19.5. The third kappa shape index (κ3) is 47.9. The zero-order valence-electron chi connectivity index (χ0n) is 42.3. The van der Waals surface area contributed by atoms with Crippen molar-refractivity contribution >= 4 is 17.9 Å². The Kier molecular flexibility index (Phi) is 49.1. The van der Waals surface area contributed by atoms with Gasteiger partial charge in [-0.25, -0.2) is 0 Å². The van der Waals surface area contributed by atoms with E-state index in [9.17, 15) is 14.4 Å².